The molecule has 0 heterocycles. The van der Waals surface area contributed by atoms with Gasteiger partial charge in [-0.05, 0) is 61.8 Å². The Hall–Kier alpha value is -2.62. The number of ether oxygens (including phenoxy) is 2. The van der Waals surface area contributed by atoms with Gasteiger partial charge in [0.15, 0.2) is 0 Å². The van der Waals surface area contributed by atoms with Gasteiger partial charge < -0.3 is 9.47 Å². The van der Waals surface area contributed by atoms with Crippen LogP contribution in [0.3, 0.4) is 0 Å². The first kappa shape index (κ1) is 22.6. The topological polar surface area (TPSA) is 52.6 Å². The van der Waals surface area contributed by atoms with Crippen molar-refractivity contribution in [2.24, 2.45) is 22.7 Å². The Morgan fingerprint density at radius 1 is 0.656 bits per heavy atom. The molecule has 3 aliphatic rings. The third-order valence-electron chi connectivity index (χ3n) is 8.31. The zero-order valence-electron chi connectivity index (χ0n) is 19.5. The maximum absolute atomic E-state index is 13.2. The molecule has 2 atom stereocenters. The van der Waals surface area contributed by atoms with E-state index in [1.54, 1.807) is 24.3 Å². The molecular weight excluding hydrogens is 400 g/mol. The zero-order chi connectivity index (χ0) is 22.9. The Bertz CT molecular complexity index is 860. The zero-order valence-corrected chi connectivity index (χ0v) is 19.5. The first-order valence-electron chi connectivity index (χ1n) is 11.8. The van der Waals surface area contributed by atoms with Gasteiger partial charge in [-0.15, -0.1) is 0 Å². The van der Waals surface area contributed by atoms with Gasteiger partial charge in [0.2, 0.25) is 0 Å². The molecule has 2 bridgehead atoms. The lowest BCUT2D eigenvalue weighted by molar-refractivity contribution is -0.228. The van der Waals surface area contributed by atoms with Gasteiger partial charge in [0.1, 0.15) is 12.2 Å². The Morgan fingerprint density at radius 3 is 1.25 bits per heavy atom. The second kappa shape index (κ2) is 8.73. The van der Waals surface area contributed by atoms with Gasteiger partial charge in [0.05, 0.1) is 11.1 Å². The lowest BCUT2D eigenvalue weighted by atomic mass is 9.45. The predicted molar refractivity (Wildman–Crippen MR) is 124 cm³/mol. The Kier molecular flexibility index (Phi) is 6.15. The Morgan fingerprint density at radius 2 is 0.969 bits per heavy atom. The van der Waals surface area contributed by atoms with E-state index < -0.39 is 12.2 Å². The Labute approximate surface area is 191 Å². The number of hydrogen-bond donors (Lipinski definition) is 0. The molecule has 0 amide bonds. The summed E-state index contributed by atoms with van der Waals surface area (Å²) in [5.74, 6) is -0.0791. The van der Waals surface area contributed by atoms with Crippen LogP contribution in [0.15, 0.2) is 60.7 Å². The van der Waals surface area contributed by atoms with Crippen molar-refractivity contribution in [2.75, 3.05) is 0 Å². The molecule has 3 fully saturated rings. The van der Waals surface area contributed by atoms with Crippen LogP contribution in [0.1, 0.15) is 74.1 Å². The summed E-state index contributed by atoms with van der Waals surface area (Å²) in [5.41, 5.74) is 0.671. The summed E-state index contributed by atoms with van der Waals surface area (Å²) in [6, 6.07) is 18.2. The van der Waals surface area contributed by atoms with Crippen LogP contribution >= 0.6 is 0 Å². The highest BCUT2D eigenvalue weighted by Crippen LogP contribution is 2.64. The number of fused-ring (bicyclic) bond motifs is 3. The second-order valence-electron chi connectivity index (χ2n) is 10.2. The molecule has 0 aromatic heterocycles. The van der Waals surface area contributed by atoms with Crippen molar-refractivity contribution in [1.82, 2.24) is 0 Å². The van der Waals surface area contributed by atoms with Crippen molar-refractivity contribution >= 4 is 11.9 Å². The summed E-state index contributed by atoms with van der Waals surface area (Å²) in [6.45, 7) is 8.81. The molecule has 0 radical (unpaired) electrons. The molecule has 0 saturated heterocycles. The number of benzene rings is 2. The molecular formula is C28H34O4. The van der Waals surface area contributed by atoms with E-state index in [0.29, 0.717) is 23.0 Å². The van der Waals surface area contributed by atoms with Crippen molar-refractivity contribution in [2.45, 2.75) is 65.6 Å². The molecule has 4 heteroatoms. The third-order valence-corrected chi connectivity index (χ3v) is 8.31. The van der Waals surface area contributed by atoms with Gasteiger partial charge >= 0.3 is 11.9 Å². The van der Waals surface area contributed by atoms with E-state index in [0.717, 1.165) is 25.7 Å². The number of rotatable bonds is 6. The summed E-state index contributed by atoms with van der Waals surface area (Å²) < 4.78 is 12.6. The van der Waals surface area contributed by atoms with E-state index in [4.69, 9.17) is 9.47 Å². The summed E-state index contributed by atoms with van der Waals surface area (Å²) >= 11 is 0. The molecule has 3 saturated carbocycles. The minimum Gasteiger partial charge on any atom is -0.454 e. The van der Waals surface area contributed by atoms with E-state index >= 15 is 0 Å². The number of esters is 2. The quantitative estimate of drug-likeness (QED) is 0.500. The van der Waals surface area contributed by atoms with E-state index in [2.05, 4.69) is 27.7 Å². The maximum Gasteiger partial charge on any atom is 0.338 e. The fraction of sp³-hybridized carbons (Fsp3) is 0.500. The molecule has 0 N–H and O–H groups in total. The molecule has 0 aliphatic heterocycles. The Balaban J connectivity index is 1.73. The molecule has 5 rings (SSSR count). The van der Waals surface area contributed by atoms with Crippen LogP contribution in [0, 0.1) is 22.7 Å². The first-order chi connectivity index (χ1) is 15.3. The highest BCUT2D eigenvalue weighted by molar-refractivity contribution is 5.90. The monoisotopic (exact) mass is 434 g/mol. The van der Waals surface area contributed by atoms with Crippen molar-refractivity contribution < 1.29 is 19.1 Å². The molecule has 170 valence electrons. The van der Waals surface area contributed by atoms with Crippen molar-refractivity contribution in [3.63, 3.8) is 0 Å². The van der Waals surface area contributed by atoms with Gasteiger partial charge in [0, 0.05) is 10.8 Å². The normalized spacial score (nSPS) is 29.2. The van der Waals surface area contributed by atoms with Crippen LogP contribution in [0.2, 0.25) is 0 Å². The van der Waals surface area contributed by atoms with Crippen molar-refractivity contribution in [3.05, 3.63) is 71.8 Å². The average Bonchev–Trinajstić information content (AvgIpc) is 2.82. The van der Waals surface area contributed by atoms with Crippen LogP contribution in [0.25, 0.3) is 0 Å². The lowest BCUT2D eigenvalue weighted by Gasteiger charge is -2.63. The fourth-order valence-electron chi connectivity index (χ4n) is 6.04. The van der Waals surface area contributed by atoms with Crippen LogP contribution in [0.5, 0.6) is 0 Å². The molecule has 2 unspecified atom stereocenters. The predicted octanol–water partition coefficient (Wildman–Crippen LogP) is 6.31. The highest BCUT2D eigenvalue weighted by atomic mass is 16.6. The van der Waals surface area contributed by atoms with Crippen LogP contribution < -0.4 is 0 Å². The van der Waals surface area contributed by atoms with E-state index in [-0.39, 0.29) is 22.8 Å². The first-order valence-corrected chi connectivity index (χ1v) is 11.8. The maximum atomic E-state index is 13.2. The van der Waals surface area contributed by atoms with Gasteiger partial charge in [0.25, 0.3) is 0 Å². The SMILES string of the molecule is CC(C)C12CCC(C(C)C)(CC1)C(OC(=O)c1ccccc1)C2OC(=O)c1ccccc1. The summed E-state index contributed by atoms with van der Waals surface area (Å²) in [7, 11) is 0. The largest absolute Gasteiger partial charge is 0.454 e. The number of carbonyl (C=O) groups excluding carboxylic acids is 2. The van der Waals surface area contributed by atoms with Crippen LogP contribution in [-0.4, -0.2) is 24.1 Å². The van der Waals surface area contributed by atoms with E-state index in [9.17, 15) is 9.59 Å². The van der Waals surface area contributed by atoms with Crippen molar-refractivity contribution in [1.29, 1.82) is 0 Å². The minimum absolute atomic E-state index is 0.192. The average molecular weight is 435 g/mol. The van der Waals surface area contributed by atoms with Gasteiger partial charge in [-0.1, -0.05) is 64.1 Å². The standard InChI is InChI=1S/C28H34O4/c1-19(2)27-15-17-28(18-16-27,20(3)4)24(32-26(30)22-13-9-6-10-14-22)23(27)31-25(29)21-11-7-5-8-12-21/h5-14,19-20,23-24H,15-18H2,1-4H3. The van der Waals surface area contributed by atoms with Gasteiger partial charge in [-0.2, -0.15) is 0 Å². The van der Waals surface area contributed by atoms with Gasteiger partial charge in [-0.3, -0.25) is 0 Å². The summed E-state index contributed by atoms with van der Waals surface area (Å²) in [4.78, 5) is 26.3. The fourth-order valence-corrected chi connectivity index (χ4v) is 6.04. The summed E-state index contributed by atoms with van der Waals surface area (Å²) in [6.07, 6.45) is 2.99. The molecule has 2 aromatic carbocycles. The van der Waals surface area contributed by atoms with Gasteiger partial charge in [-0.25, -0.2) is 9.59 Å². The van der Waals surface area contributed by atoms with Crippen LogP contribution in [0.4, 0.5) is 0 Å². The minimum atomic E-state index is -0.465. The molecule has 2 aromatic rings. The molecule has 0 spiro atoms. The smallest absolute Gasteiger partial charge is 0.338 e. The van der Waals surface area contributed by atoms with E-state index in [1.165, 1.54) is 0 Å². The molecule has 3 aliphatic carbocycles. The number of carbonyl (C=O) groups is 2. The number of hydrogen-bond acceptors (Lipinski definition) is 4. The third kappa shape index (κ3) is 3.74. The summed E-state index contributed by atoms with van der Waals surface area (Å²) in [5, 5.41) is 0. The lowest BCUT2D eigenvalue weighted by Crippen LogP contribution is -2.66. The van der Waals surface area contributed by atoms with Crippen LogP contribution in [-0.2, 0) is 9.47 Å². The molecule has 4 nitrogen and oxygen atoms in total. The van der Waals surface area contributed by atoms with E-state index in [1.807, 2.05) is 36.4 Å². The highest BCUT2D eigenvalue weighted by Gasteiger charge is 2.65. The molecule has 32 heavy (non-hydrogen) atoms. The van der Waals surface area contributed by atoms with Crippen molar-refractivity contribution in [3.8, 4) is 0 Å². The second-order valence-corrected chi connectivity index (χ2v) is 10.2.